The van der Waals surface area contributed by atoms with Crippen molar-refractivity contribution in [3.8, 4) is 0 Å². The third-order valence-electron chi connectivity index (χ3n) is 5.08. The fourth-order valence-corrected chi connectivity index (χ4v) is 3.95. The Bertz CT molecular complexity index is 381. The Labute approximate surface area is 162 Å². The molecule has 0 aromatic heterocycles. The van der Waals surface area contributed by atoms with Gasteiger partial charge in [0.25, 0.3) is 10.1 Å². The molecule has 0 aromatic carbocycles. The van der Waals surface area contributed by atoms with Gasteiger partial charge in [-0.3, -0.25) is 4.55 Å². The van der Waals surface area contributed by atoms with E-state index < -0.39 is 10.1 Å². The quantitative estimate of drug-likeness (QED) is 0.189. The molecule has 0 aliphatic carbocycles. The molecule has 1 unspecified atom stereocenters. The minimum absolute atomic E-state index is 0.0936. The van der Waals surface area contributed by atoms with Crippen LogP contribution in [0.4, 0.5) is 0 Å². The van der Waals surface area contributed by atoms with E-state index in [4.69, 9.17) is 4.55 Å². The SMILES string of the molecule is CCCCCCCCC(O)CCCCCCCCCCCCS(=O)(=O)O. The van der Waals surface area contributed by atoms with Crippen molar-refractivity contribution in [1.82, 2.24) is 0 Å². The first-order valence-electron chi connectivity index (χ1n) is 11.1. The lowest BCUT2D eigenvalue weighted by molar-refractivity contribution is 0.147. The van der Waals surface area contributed by atoms with E-state index in [0.717, 1.165) is 38.5 Å². The maximum Gasteiger partial charge on any atom is 0.264 e. The molecule has 1 atom stereocenters. The number of hydrogen-bond donors (Lipinski definition) is 2. The molecule has 0 aliphatic rings. The van der Waals surface area contributed by atoms with Crippen molar-refractivity contribution in [2.24, 2.45) is 0 Å². The van der Waals surface area contributed by atoms with Crippen LogP contribution in [0.5, 0.6) is 0 Å². The van der Waals surface area contributed by atoms with E-state index in [9.17, 15) is 13.5 Å². The Morgan fingerprint density at radius 3 is 1.35 bits per heavy atom. The Balaban J connectivity index is 3.18. The van der Waals surface area contributed by atoms with Crippen LogP contribution in [0, 0.1) is 0 Å². The summed E-state index contributed by atoms with van der Waals surface area (Å²) in [5.41, 5.74) is 0. The van der Waals surface area contributed by atoms with Crippen LogP contribution in [0.3, 0.4) is 0 Å². The molecule has 0 spiro atoms. The van der Waals surface area contributed by atoms with Crippen molar-refractivity contribution in [3.63, 3.8) is 0 Å². The third kappa shape index (κ3) is 21.9. The molecule has 0 fully saturated rings. The number of aliphatic hydroxyl groups is 1. The molecule has 0 amide bonds. The second kappa shape index (κ2) is 18.2. The number of aliphatic hydroxyl groups excluding tert-OH is 1. The van der Waals surface area contributed by atoms with Gasteiger partial charge in [0, 0.05) is 0 Å². The number of hydrogen-bond acceptors (Lipinski definition) is 3. The molecule has 0 saturated heterocycles. The van der Waals surface area contributed by atoms with Crippen LogP contribution in [0.2, 0.25) is 0 Å². The minimum Gasteiger partial charge on any atom is -0.393 e. The lowest BCUT2D eigenvalue weighted by Gasteiger charge is -2.10. The standard InChI is InChI=1S/C21H44O4S/c1-2-3-4-5-12-15-18-21(22)19-16-13-10-8-6-7-9-11-14-17-20-26(23,24)25/h21-22H,2-20H2,1H3,(H,23,24,25). The Morgan fingerprint density at radius 1 is 0.615 bits per heavy atom. The Morgan fingerprint density at radius 2 is 0.962 bits per heavy atom. The summed E-state index contributed by atoms with van der Waals surface area (Å²) in [5.74, 6) is -0.0995. The molecule has 158 valence electrons. The smallest absolute Gasteiger partial charge is 0.264 e. The molecular formula is C21H44O4S. The monoisotopic (exact) mass is 392 g/mol. The van der Waals surface area contributed by atoms with Crippen molar-refractivity contribution in [3.05, 3.63) is 0 Å². The summed E-state index contributed by atoms with van der Waals surface area (Å²) in [5, 5.41) is 9.99. The summed E-state index contributed by atoms with van der Waals surface area (Å²) < 4.78 is 29.8. The second-order valence-corrected chi connectivity index (χ2v) is 9.39. The topological polar surface area (TPSA) is 74.6 Å². The van der Waals surface area contributed by atoms with E-state index in [1.54, 1.807) is 0 Å². The zero-order chi connectivity index (χ0) is 19.5. The summed E-state index contributed by atoms with van der Waals surface area (Å²) in [7, 11) is -3.77. The van der Waals surface area contributed by atoms with Crippen molar-refractivity contribution >= 4 is 10.1 Å². The van der Waals surface area contributed by atoms with E-state index in [0.29, 0.717) is 6.42 Å². The summed E-state index contributed by atoms with van der Waals surface area (Å²) >= 11 is 0. The van der Waals surface area contributed by atoms with Gasteiger partial charge in [-0.2, -0.15) is 8.42 Å². The van der Waals surface area contributed by atoms with Crippen molar-refractivity contribution < 1.29 is 18.1 Å². The van der Waals surface area contributed by atoms with Gasteiger partial charge in [-0.1, -0.05) is 103 Å². The summed E-state index contributed by atoms with van der Waals surface area (Å²) in [4.78, 5) is 0. The molecule has 0 bridgehead atoms. The summed E-state index contributed by atoms with van der Waals surface area (Å²) in [6.45, 7) is 2.24. The molecule has 0 aliphatic heterocycles. The van der Waals surface area contributed by atoms with Crippen LogP contribution in [-0.4, -0.2) is 29.9 Å². The number of unbranched alkanes of at least 4 members (excludes halogenated alkanes) is 14. The summed E-state index contributed by atoms with van der Waals surface area (Å²) in [6, 6.07) is 0. The summed E-state index contributed by atoms with van der Waals surface area (Å²) in [6.07, 6.45) is 20.6. The zero-order valence-electron chi connectivity index (χ0n) is 17.1. The average Bonchev–Trinajstić information content (AvgIpc) is 2.58. The van der Waals surface area contributed by atoms with E-state index in [1.165, 1.54) is 70.6 Å². The average molecular weight is 393 g/mol. The Hall–Kier alpha value is -0.130. The van der Waals surface area contributed by atoms with Gasteiger partial charge in [0.15, 0.2) is 0 Å². The van der Waals surface area contributed by atoms with E-state index in [-0.39, 0.29) is 11.9 Å². The predicted molar refractivity (Wildman–Crippen MR) is 111 cm³/mol. The van der Waals surface area contributed by atoms with Gasteiger partial charge in [-0.25, -0.2) is 0 Å². The highest BCUT2D eigenvalue weighted by molar-refractivity contribution is 7.85. The van der Waals surface area contributed by atoms with Gasteiger partial charge in [0.1, 0.15) is 0 Å². The molecule has 0 rings (SSSR count). The van der Waals surface area contributed by atoms with Gasteiger partial charge < -0.3 is 5.11 Å². The van der Waals surface area contributed by atoms with Gasteiger partial charge in [-0.15, -0.1) is 0 Å². The van der Waals surface area contributed by atoms with E-state index >= 15 is 0 Å². The van der Waals surface area contributed by atoms with Crippen LogP contribution in [-0.2, 0) is 10.1 Å². The van der Waals surface area contributed by atoms with E-state index in [1.807, 2.05) is 0 Å². The van der Waals surface area contributed by atoms with Crippen molar-refractivity contribution in [2.75, 3.05) is 5.75 Å². The minimum atomic E-state index is -3.77. The number of rotatable bonds is 20. The first kappa shape index (κ1) is 25.9. The predicted octanol–water partition coefficient (Wildman–Crippen LogP) is 6.28. The van der Waals surface area contributed by atoms with Crippen molar-refractivity contribution in [1.29, 1.82) is 0 Å². The first-order valence-corrected chi connectivity index (χ1v) is 12.7. The lowest BCUT2D eigenvalue weighted by atomic mass is 10.0. The highest BCUT2D eigenvalue weighted by Crippen LogP contribution is 2.15. The van der Waals surface area contributed by atoms with Gasteiger partial charge in [0.05, 0.1) is 11.9 Å². The third-order valence-corrected chi connectivity index (χ3v) is 5.89. The van der Waals surface area contributed by atoms with Crippen LogP contribution >= 0.6 is 0 Å². The molecule has 26 heavy (non-hydrogen) atoms. The van der Waals surface area contributed by atoms with Crippen LogP contribution < -0.4 is 0 Å². The molecule has 0 radical (unpaired) electrons. The maximum absolute atomic E-state index is 10.6. The van der Waals surface area contributed by atoms with Crippen molar-refractivity contribution in [2.45, 2.75) is 129 Å². The fraction of sp³-hybridized carbons (Fsp3) is 1.00. The Kier molecular flexibility index (Phi) is 18.2. The van der Waals surface area contributed by atoms with E-state index in [2.05, 4.69) is 6.92 Å². The molecule has 0 heterocycles. The fourth-order valence-electron chi connectivity index (χ4n) is 3.38. The molecule has 4 nitrogen and oxygen atoms in total. The zero-order valence-corrected chi connectivity index (χ0v) is 17.9. The van der Waals surface area contributed by atoms with Crippen LogP contribution in [0.1, 0.15) is 122 Å². The molecule has 2 N–H and O–H groups in total. The highest BCUT2D eigenvalue weighted by atomic mass is 32.2. The van der Waals surface area contributed by atoms with Crippen LogP contribution in [0.25, 0.3) is 0 Å². The molecule has 0 saturated carbocycles. The van der Waals surface area contributed by atoms with Crippen LogP contribution in [0.15, 0.2) is 0 Å². The van der Waals surface area contributed by atoms with Gasteiger partial charge in [0.2, 0.25) is 0 Å². The molecular weight excluding hydrogens is 348 g/mol. The lowest BCUT2D eigenvalue weighted by Crippen LogP contribution is -2.05. The van der Waals surface area contributed by atoms with Gasteiger partial charge in [-0.05, 0) is 19.3 Å². The van der Waals surface area contributed by atoms with Gasteiger partial charge >= 0.3 is 0 Å². The first-order chi connectivity index (χ1) is 12.5. The second-order valence-electron chi connectivity index (χ2n) is 7.82. The maximum atomic E-state index is 10.6. The largest absolute Gasteiger partial charge is 0.393 e. The molecule has 0 aromatic rings. The highest BCUT2D eigenvalue weighted by Gasteiger charge is 2.04. The normalized spacial score (nSPS) is 13.2. The molecule has 5 heteroatoms.